The van der Waals surface area contributed by atoms with Crippen LogP contribution < -0.4 is 0 Å². The summed E-state index contributed by atoms with van der Waals surface area (Å²) in [5, 5.41) is 0. The molecule has 1 saturated heterocycles. The topological polar surface area (TPSA) is 85.8 Å². The molecule has 0 aromatic heterocycles. The van der Waals surface area contributed by atoms with Crippen LogP contribution in [0.15, 0.2) is 0 Å². The van der Waals surface area contributed by atoms with E-state index in [1.54, 1.807) is 0 Å². The quantitative estimate of drug-likeness (QED) is 0.183. The average molecular weight is 208 g/mol. The van der Waals surface area contributed by atoms with Gasteiger partial charge in [0.15, 0.2) is 17.4 Å². The van der Waals surface area contributed by atoms with E-state index >= 15 is 0 Å². The van der Waals surface area contributed by atoms with Crippen molar-refractivity contribution in [3.05, 3.63) is 0 Å². The molecule has 0 aromatic rings. The first-order chi connectivity index (χ1) is 2.47. The smallest absolute Gasteiger partial charge is 0 e. The second-order valence-corrected chi connectivity index (χ2v) is 2.95. The van der Waals surface area contributed by atoms with E-state index in [2.05, 4.69) is 9.35 Å². The summed E-state index contributed by atoms with van der Waals surface area (Å²) >= 11 is 0. The van der Waals surface area contributed by atoms with Gasteiger partial charge in [-0.25, -0.2) is 0 Å². The Kier molecular flexibility index (Phi) is 3.74. The van der Waals surface area contributed by atoms with Crippen LogP contribution in [-0.4, -0.2) is 32.0 Å². The summed E-state index contributed by atoms with van der Waals surface area (Å²) in [4.78, 5) is 23.7. The van der Waals surface area contributed by atoms with Gasteiger partial charge in [-0.2, -0.15) is 0 Å². The third kappa shape index (κ3) is 4.19. The van der Waals surface area contributed by atoms with Crippen LogP contribution >= 0.6 is 7.74 Å². The van der Waals surface area contributed by atoms with Crippen LogP contribution in [-0.2, 0) is 26.4 Å². The molecule has 55 valence electrons. The molecule has 1 aliphatic rings. The van der Waals surface area contributed by atoms with Gasteiger partial charge in [-0.05, 0) is 0 Å². The summed E-state index contributed by atoms with van der Waals surface area (Å²) in [6, 6.07) is 0. The second-order valence-electron chi connectivity index (χ2n) is 0.982. The fourth-order valence-electron chi connectivity index (χ4n) is 0.0447. The molecule has 8 heteroatoms. The first-order valence-electron chi connectivity index (χ1n) is 1.13. The summed E-state index contributed by atoms with van der Waals surface area (Å²) in [6.45, 7) is 0. The number of hydrogen-bond acceptors (Lipinski definition) is 5. The van der Waals surface area contributed by atoms with Crippen molar-refractivity contribution < 1.29 is 41.1 Å². The second kappa shape index (κ2) is 2.49. The Bertz CT molecular complexity index is 76.2. The van der Waals surface area contributed by atoms with Crippen LogP contribution in [0.5, 0.6) is 0 Å². The number of rotatable bonds is 0. The third-order valence-electron chi connectivity index (χ3n) is 0.275. The van der Waals surface area contributed by atoms with E-state index < -0.39 is 7.74 Å². The van der Waals surface area contributed by atoms with Crippen LogP contribution in [0, 0.1) is 0 Å². The van der Waals surface area contributed by atoms with Crippen molar-refractivity contribution in [3.8, 4) is 0 Å². The molecule has 5 nitrogen and oxygen atoms in total. The van der Waals surface area contributed by atoms with E-state index in [0.717, 1.165) is 0 Å². The van der Waals surface area contributed by atoms with Gasteiger partial charge in [0, 0.05) is 17.1 Å². The van der Waals surface area contributed by atoms with Gasteiger partial charge in [0.05, 0.1) is 0 Å². The first kappa shape index (κ1) is 12.0. The monoisotopic (exact) mass is 207 g/mol. The average Bonchev–Trinajstić information content (AvgIpc) is 1.73. The Balaban J connectivity index is 0. The molecule has 0 amide bonds. The van der Waals surface area contributed by atoms with E-state index in [9.17, 15) is 0 Å². The first-order valence-corrected chi connectivity index (χ1v) is 3.06. The molecule has 0 saturated carbocycles. The van der Waals surface area contributed by atoms with Gasteiger partial charge in [-0.15, -0.1) is 0 Å². The van der Waals surface area contributed by atoms with Crippen molar-refractivity contribution in [1.29, 1.82) is 0 Å². The Hall–Kier alpha value is 1.28. The molecule has 1 fully saturated rings. The van der Waals surface area contributed by atoms with Crippen molar-refractivity contribution in [1.82, 2.24) is 0 Å². The minimum absolute atomic E-state index is 0. The molecule has 1 heterocycles. The molecule has 3 N–H and O–H groups in total. The van der Waals surface area contributed by atoms with Gasteiger partial charge < -0.3 is 0 Å². The molecule has 1 radical (unpaired) electrons. The van der Waals surface area contributed by atoms with Gasteiger partial charge >= 0.3 is 31.8 Å². The van der Waals surface area contributed by atoms with Gasteiger partial charge in [0.1, 0.15) is 0 Å². The van der Waals surface area contributed by atoms with Crippen LogP contribution in [0.1, 0.15) is 0 Å². The normalized spacial score (nSPS) is 32.1. The maximum Gasteiger partial charge on any atom is 0.187 e. The molecule has 0 atom stereocenters. The molecular formula is H6AlCuO5P. The van der Waals surface area contributed by atoms with Gasteiger partial charge in [-0.1, -0.05) is 0 Å². The van der Waals surface area contributed by atoms with Crippen LogP contribution in [0.3, 0.4) is 0 Å². The van der Waals surface area contributed by atoms with E-state index in [4.69, 9.17) is 14.7 Å². The van der Waals surface area contributed by atoms with E-state index in [1.165, 1.54) is 0 Å². The van der Waals surface area contributed by atoms with Crippen LogP contribution in [0.4, 0.5) is 0 Å². The fraction of sp³-hybridized carbons (Fsp3) is 0. The summed E-state index contributed by atoms with van der Waals surface area (Å²) in [7, 11) is -4.80. The van der Waals surface area contributed by atoms with Crippen molar-refractivity contribution in [2.75, 3.05) is 0 Å². The molecule has 0 unspecified atom stereocenters. The molecule has 1 rings (SSSR count). The van der Waals surface area contributed by atoms with Crippen LogP contribution in [0.25, 0.3) is 0 Å². The molecule has 0 spiro atoms. The summed E-state index contributed by atoms with van der Waals surface area (Å²) in [5.74, 6) is 0. The van der Waals surface area contributed by atoms with Crippen molar-refractivity contribution in [3.63, 3.8) is 0 Å². The van der Waals surface area contributed by atoms with Gasteiger partial charge in [-0.3, -0.25) is 0 Å². The Morgan fingerprint density at radius 1 is 1.00 bits per heavy atom. The van der Waals surface area contributed by atoms with Crippen LogP contribution in [0.2, 0.25) is 0 Å². The minimum atomic E-state index is -4.80. The molecule has 1 aliphatic heterocycles. The Morgan fingerprint density at radius 3 is 1.12 bits per heavy atom. The van der Waals surface area contributed by atoms with E-state index in [0.29, 0.717) is 0 Å². The van der Waals surface area contributed by atoms with Crippen molar-refractivity contribution in [2.45, 2.75) is 0 Å². The summed E-state index contributed by atoms with van der Waals surface area (Å²) in [6.07, 6.45) is 0. The zero-order chi connectivity index (χ0) is 4.86. The maximum absolute atomic E-state index is 7.89. The summed E-state index contributed by atoms with van der Waals surface area (Å²) < 4.78 is 6.76. The fourth-order valence-corrected chi connectivity index (χ4v) is 0.402. The zero-order valence-corrected chi connectivity index (χ0v) is 4.74. The predicted molar refractivity (Wildman–Crippen MR) is 25.7 cm³/mol. The molecule has 0 aromatic carbocycles. The van der Waals surface area contributed by atoms with Gasteiger partial charge in [0.2, 0.25) is 0 Å². The molecular weight excluding hydrogens is 201 g/mol. The van der Waals surface area contributed by atoms with E-state index in [1.807, 2.05) is 0 Å². The summed E-state index contributed by atoms with van der Waals surface area (Å²) in [5.41, 5.74) is 0. The zero-order valence-electron chi connectivity index (χ0n) is 2.91. The molecule has 0 bridgehead atoms. The minimum Gasteiger partial charge on any atom is 0 e. The molecule has 0 aliphatic carbocycles. The standard InChI is InChI=1S/Al.Cu.H3O5P.3H/c;;1-6(2,3)4-5-6;;;/h;;1-3H;;;. The Morgan fingerprint density at radius 2 is 1.12 bits per heavy atom. The molecule has 8 heavy (non-hydrogen) atoms. The largest absolute Gasteiger partial charge is 0.187 e. The predicted octanol–water partition coefficient (Wildman–Crippen LogP) is -2.13. The maximum atomic E-state index is 7.89. The van der Waals surface area contributed by atoms with Gasteiger partial charge in [0.25, 0.3) is 0 Å². The number of hydrogen-bond donors (Lipinski definition) is 3. The van der Waals surface area contributed by atoms with Crippen molar-refractivity contribution in [2.24, 2.45) is 0 Å². The Labute approximate surface area is 66.5 Å². The van der Waals surface area contributed by atoms with E-state index in [-0.39, 0.29) is 34.4 Å². The third-order valence-corrected chi connectivity index (χ3v) is 0.824. The van der Waals surface area contributed by atoms with Crippen molar-refractivity contribution >= 4 is 25.1 Å². The SMILES string of the molecule is OP1(O)(O)OO1.[AlH3].[Cu].